The Bertz CT molecular complexity index is 887. The monoisotopic (exact) mass is 439 g/mol. The fraction of sp³-hybridized carbons (Fsp3) is 0.526. The van der Waals surface area contributed by atoms with E-state index in [1.54, 1.807) is 26.9 Å². The molecule has 2 aromatic rings. The zero-order valence-electron chi connectivity index (χ0n) is 16.4. The second kappa shape index (κ2) is 7.55. The molecule has 2 rings (SSSR count). The maximum absolute atomic E-state index is 13.3. The minimum absolute atomic E-state index is 0.0172. The predicted molar refractivity (Wildman–Crippen MR) is 99.7 cm³/mol. The molecule has 2 N–H and O–H groups in total. The van der Waals surface area contributed by atoms with Crippen molar-refractivity contribution in [2.75, 3.05) is 0 Å². The lowest BCUT2D eigenvalue weighted by Gasteiger charge is -2.35. The second-order valence-electron chi connectivity index (χ2n) is 8.29. The average Bonchev–Trinajstić information content (AvgIpc) is 2.55. The van der Waals surface area contributed by atoms with Gasteiger partial charge in [0.1, 0.15) is 5.69 Å². The van der Waals surface area contributed by atoms with E-state index in [0.717, 1.165) is 6.07 Å². The molecule has 0 aliphatic carbocycles. The molecule has 0 radical (unpaired) electrons. The standard InChI is InChI=1S/C19H23F6NO2Si/c1-17(2,29(3,4)28)9-8-14(27)12-10-15(19(23,24)25)26-16-11(12)6-5-7-13(16)18(20,21)22/h5-7,10,14,27-28H,8-9H2,1-4H3/t14-/m0/s1. The molecule has 1 aromatic carbocycles. The van der Waals surface area contributed by atoms with Gasteiger partial charge < -0.3 is 9.90 Å². The van der Waals surface area contributed by atoms with Crippen LogP contribution in [0.5, 0.6) is 0 Å². The van der Waals surface area contributed by atoms with Crippen LogP contribution in [0.3, 0.4) is 0 Å². The first kappa shape index (κ1) is 23.6. The molecule has 0 spiro atoms. The van der Waals surface area contributed by atoms with Crippen LogP contribution in [0.15, 0.2) is 24.3 Å². The number of aliphatic hydroxyl groups excluding tert-OH is 1. The van der Waals surface area contributed by atoms with Crippen LogP contribution in [0.2, 0.25) is 18.1 Å². The molecule has 0 bridgehead atoms. The molecular formula is C19H23F6NO2Si. The summed E-state index contributed by atoms with van der Waals surface area (Å²) in [6.45, 7) is 7.00. The van der Waals surface area contributed by atoms with E-state index in [-0.39, 0.29) is 23.8 Å². The van der Waals surface area contributed by atoms with Crippen molar-refractivity contribution >= 4 is 19.2 Å². The molecule has 1 atom stereocenters. The number of hydrogen-bond acceptors (Lipinski definition) is 3. The number of aromatic nitrogens is 1. The van der Waals surface area contributed by atoms with Crippen LogP contribution in [-0.2, 0) is 12.4 Å². The zero-order chi connectivity index (χ0) is 22.4. The quantitative estimate of drug-likeness (QED) is 0.440. The minimum Gasteiger partial charge on any atom is -0.432 e. The van der Waals surface area contributed by atoms with Crippen molar-refractivity contribution in [3.8, 4) is 0 Å². The van der Waals surface area contributed by atoms with Gasteiger partial charge in [-0.25, -0.2) is 4.98 Å². The first-order valence-corrected chi connectivity index (χ1v) is 11.9. The van der Waals surface area contributed by atoms with Crippen LogP contribution >= 0.6 is 0 Å². The highest BCUT2D eigenvalue weighted by Crippen LogP contribution is 2.43. The van der Waals surface area contributed by atoms with Crippen molar-refractivity contribution in [2.45, 2.75) is 63.3 Å². The summed E-state index contributed by atoms with van der Waals surface area (Å²) in [5.41, 5.74) is -3.90. The molecule has 3 nitrogen and oxygen atoms in total. The van der Waals surface area contributed by atoms with Gasteiger partial charge in [0.05, 0.1) is 17.2 Å². The van der Waals surface area contributed by atoms with Crippen LogP contribution in [0.4, 0.5) is 26.3 Å². The van der Waals surface area contributed by atoms with Crippen LogP contribution in [-0.4, -0.2) is 23.2 Å². The normalized spacial score (nSPS) is 15.0. The molecule has 10 heteroatoms. The summed E-state index contributed by atoms with van der Waals surface area (Å²) in [6, 6.07) is 3.55. The number of pyridine rings is 1. The number of halogens is 6. The predicted octanol–water partition coefficient (Wildman–Crippen LogP) is 6.06. The molecule has 0 aliphatic rings. The first-order valence-electron chi connectivity index (χ1n) is 8.93. The van der Waals surface area contributed by atoms with Crippen LogP contribution in [0.1, 0.15) is 49.6 Å². The van der Waals surface area contributed by atoms with E-state index in [9.17, 15) is 36.2 Å². The van der Waals surface area contributed by atoms with E-state index in [1.165, 1.54) is 6.07 Å². The summed E-state index contributed by atoms with van der Waals surface area (Å²) >= 11 is 0. The number of benzene rings is 1. The lowest BCUT2D eigenvalue weighted by Crippen LogP contribution is -2.39. The van der Waals surface area contributed by atoms with E-state index in [2.05, 4.69) is 4.98 Å². The first-order chi connectivity index (χ1) is 12.9. The van der Waals surface area contributed by atoms with Crippen molar-refractivity contribution in [2.24, 2.45) is 0 Å². The van der Waals surface area contributed by atoms with Crippen molar-refractivity contribution in [3.05, 3.63) is 41.1 Å². The maximum Gasteiger partial charge on any atom is 0.433 e. The average molecular weight is 439 g/mol. The van der Waals surface area contributed by atoms with Gasteiger partial charge in [-0.3, -0.25) is 0 Å². The Labute approximate surface area is 165 Å². The number of nitrogens with zero attached hydrogens (tertiary/aromatic N) is 1. The lowest BCUT2D eigenvalue weighted by atomic mass is 9.94. The largest absolute Gasteiger partial charge is 0.433 e. The van der Waals surface area contributed by atoms with Crippen LogP contribution in [0.25, 0.3) is 10.9 Å². The van der Waals surface area contributed by atoms with Gasteiger partial charge in [0, 0.05) is 5.39 Å². The number of para-hydroxylation sites is 1. The summed E-state index contributed by atoms with van der Waals surface area (Å²) in [6.07, 6.45) is -11.0. The van der Waals surface area contributed by atoms with E-state index in [0.29, 0.717) is 12.1 Å². The van der Waals surface area contributed by atoms with Crippen molar-refractivity contribution in [1.82, 2.24) is 4.98 Å². The molecule has 1 aromatic heterocycles. The Kier molecular flexibility index (Phi) is 6.15. The highest BCUT2D eigenvalue weighted by molar-refractivity contribution is 6.72. The number of hydrogen-bond donors (Lipinski definition) is 2. The number of fused-ring (bicyclic) bond motifs is 1. The zero-order valence-corrected chi connectivity index (χ0v) is 17.4. The third-order valence-electron chi connectivity index (χ3n) is 5.53. The summed E-state index contributed by atoms with van der Waals surface area (Å²) in [7, 11) is -2.63. The van der Waals surface area contributed by atoms with Crippen molar-refractivity contribution in [1.29, 1.82) is 0 Å². The number of rotatable bonds is 5. The van der Waals surface area contributed by atoms with E-state index in [4.69, 9.17) is 0 Å². The Balaban J connectivity index is 2.60. The molecular weight excluding hydrogens is 416 g/mol. The molecule has 0 amide bonds. The van der Waals surface area contributed by atoms with Gasteiger partial charge in [0.2, 0.25) is 0 Å². The summed E-state index contributed by atoms with van der Waals surface area (Å²) in [4.78, 5) is 13.6. The van der Waals surface area contributed by atoms with Crippen LogP contribution < -0.4 is 0 Å². The molecule has 29 heavy (non-hydrogen) atoms. The molecule has 1 heterocycles. The Morgan fingerprint density at radius 3 is 2.10 bits per heavy atom. The van der Waals surface area contributed by atoms with Gasteiger partial charge in [-0.15, -0.1) is 0 Å². The van der Waals surface area contributed by atoms with Gasteiger partial charge in [-0.05, 0) is 48.7 Å². The highest BCUT2D eigenvalue weighted by atomic mass is 28.4. The highest BCUT2D eigenvalue weighted by Gasteiger charge is 2.40. The smallest absolute Gasteiger partial charge is 0.432 e. The lowest BCUT2D eigenvalue weighted by molar-refractivity contribution is -0.142. The Morgan fingerprint density at radius 1 is 1.03 bits per heavy atom. The summed E-state index contributed by atoms with van der Waals surface area (Å²) in [5, 5.41) is 9.85. The molecule has 0 aliphatic heterocycles. The number of aliphatic hydroxyl groups is 1. The molecule has 0 saturated carbocycles. The Hall–Kier alpha value is -1.65. The minimum atomic E-state index is -4.97. The maximum atomic E-state index is 13.3. The third-order valence-corrected chi connectivity index (χ3v) is 9.09. The molecule has 0 unspecified atom stereocenters. The van der Waals surface area contributed by atoms with Crippen molar-refractivity contribution in [3.63, 3.8) is 0 Å². The third kappa shape index (κ3) is 5.10. The summed E-state index contributed by atoms with van der Waals surface area (Å²) < 4.78 is 79.7. The molecule has 162 valence electrons. The molecule has 0 saturated heterocycles. The molecule has 0 fully saturated rings. The van der Waals surface area contributed by atoms with E-state index < -0.39 is 48.6 Å². The van der Waals surface area contributed by atoms with Gasteiger partial charge in [-0.1, -0.05) is 26.0 Å². The number of alkyl halides is 6. The fourth-order valence-electron chi connectivity index (χ4n) is 2.88. The summed E-state index contributed by atoms with van der Waals surface area (Å²) in [5.74, 6) is 0. The van der Waals surface area contributed by atoms with Crippen molar-refractivity contribution < 1.29 is 36.2 Å². The fourth-order valence-corrected chi connectivity index (χ4v) is 3.64. The topological polar surface area (TPSA) is 53.4 Å². The van der Waals surface area contributed by atoms with E-state index in [1.807, 2.05) is 0 Å². The van der Waals surface area contributed by atoms with Gasteiger partial charge in [0.15, 0.2) is 8.32 Å². The van der Waals surface area contributed by atoms with Gasteiger partial charge in [-0.2, -0.15) is 26.3 Å². The van der Waals surface area contributed by atoms with Gasteiger partial charge in [0.25, 0.3) is 0 Å². The second-order valence-corrected chi connectivity index (χ2v) is 12.8. The van der Waals surface area contributed by atoms with Gasteiger partial charge >= 0.3 is 12.4 Å². The van der Waals surface area contributed by atoms with Crippen LogP contribution in [0, 0.1) is 0 Å². The van der Waals surface area contributed by atoms with E-state index >= 15 is 0 Å². The Morgan fingerprint density at radius 2 is 1.62 bits per heavy atom. The SMILES string of the molecule is CC(C)(CC[C@H](O)c1cc(C(F)(F)F)nc2c(C(F)(F)F)cccc12)[Si](C)(C)O.